The van der Waals surface area contributed by atoms with Crippen molar-refractivity contribution in [3.8, 4) is 17.4 Å². The minimum absolute atomic E-state index is 0.0376. The highest BCUT2D eigenvalue weighted by atomic mass is 19.4. The number of halogens is 3. The summed E-state index contributed by atoms with van der Waals surface area (Å²) in [5.41, 5.74) is -0.845. The highest BCUT2D eigenvalue weighted by Crippen LogP contribution is 2.30. The van der Waals surface area contributed by atoms with Crippen LogP contribution in [-0.4, -0.2) is 23.7 Å². The standard InChI is InChI=1S/C27H36F3NO4/c1-3-4-5-6-7-8-9-10-11-12-19-33-26(32)21(2)34-23-14-16-24(17-15-23)35-25-18-13-22(20-31-25)27(28,29)30/h13-18,20-21H,3-12,19H2,1-2H3. The third kappa shape index (κ3) is 11.5. The monoisotopic (exact) mass is 495 g/mol. The number of hydrogen-bond acceptors (Lipinski definition) is 5. The molecule has 0 fully saturated rings. The molecule has 0 bridgehead atoms. The van der Waals surface area contributed by atoms with Crippen molar-refractivity contribution in [2.75, 3.05) is 6.61 Å². The molecular weight excluding hydrogens is 459 g/mol. The van der Waals surface area contributed by atoms with Gasteiger partial charge in [0.1, 0.15) is 11.5 Å². The van der Waals surface area contributed by atoms with Crippen LogP contribution in [0.25, 0.3) is 0 Å². The number of hydrogen-bond donors (Lipinski definition) is 0. The van der Waals surface area contributed by atoms with Crippen molar-refractivity contribution < 1.29 is 32.2 Å². The summed E-state index contributed by atoms with van der Waals surface area (Å²) in [6.45, 7) is 4.23. The van der Waals surface area contributed by atoms with Gasteiger partial charge in [-0.05, 0) is 43.7 Å². The van der Waals surface area contributed by atoms with E-state index >= 15 is 0 Å². The van der Waals surface area contributed by atoms with Gasteiger partial charge in [0, 0.05) is 12.3 Å². The zero-order chi connectivity index (χ0) is 25.5. The zero-order valence-electron chi connectivity index (χ0n) is 20.6. The summed E-state index contributed by atoms with van der Waals surface area (Å²) in [6, 6.07) is 8.42. The number of benzene rings is 1. The normalized spacial score (nSPS) is 12.3. The number of carbonyl (C=O) groups is 1. The molecule has 0 aliphatic rings. The van der Waals surface area contributed by atoms with Crippen LogP contribution in [0.4, 0.5) is 13.2 Å². The molecule has 5 nitrogen and oxygen atoms in total. The van der Waals surface area contributed by atoms with Crippen molar-refractivity contribution in [2.45, 2.75) is 90.3 Å². The largest absolute Gasteiger partial charge is 0.479 e. The maximum Gasteiger partial charge on any atom is 0.417 e. The second-order valence-electron chi connectivity index (χ2n) is 8.57. The fourth-order valence-electron chi connectivity index (χ4n) is 3.45. The van der Waals surface area contributed by atoms with Gasteiger partial charge in [-0.1, -0.05) is 64.7 Å². The molecule has 0 spiro atoms. The first-order valence-corrected chi connectivity index (χ1v) is 12.4. The van der Waals surface area contributed by atoms with E-state index in [0.717, 1.165) is 37.6 Å². The molecule has 2 rings (SSSR count). The van der Waals surface area contributed by atoms with Gasteiger partial charge < -0.3 is 14.2 Å². The molecule has 0 saturated carbocycles. The van der Waals surface area contributed by atoms with Crippen molar-refractivity contribution in [3.63, 3.8) is 0 Å². The van der Waals surface area contributed by atoms with Crippen LogP contribution in [0.15, 0.2) is 42.6 Å². The van der Waals surface area contributed by atoms with Gasteiger partial charge in [0.25, 0.3) is 0 Å². The van der Waals surface area contributed by atoms with Crippen LogP contribution in [0.1, 0.15) is 83.6 Å². The molecule has 8 heteroatoms. The predicted octanol–water partition coefficient (Wildman–Crippen LogP) is 8.12. The number of carbonyl (C=O) groups excluding carboxylic acids is 1. The average Bonchev–Trinajstić information content (AvgIpc) is 2.83. The molecule has 0 N–H and O–H groups in total. The van der Waals surface area contributed by atoms with Gasteiger partial charge >= 0.3 is 12.1 Å². The zero-order valence-corrected chi connectivity index (χ0v) is 20.6. The lowest BCUT2D eigenvalue weighted by Gasteiger charge is -2.14. The van der Waals surface area contributed by atoms with Gasteiger partial charge in [-0.15, -0.1) is 0 Å². The molecular formula is C27H36F3NO4. The average molecular weight is 496 g/mol. The second-order valence-corrected chi connectivity index (χ2v) is 8.57. The summed E-state index contributed by atoms with van der Waals surface area (Å²) in [5, 5.41) is 0. The lowest BCUT2D eigenvalue weighted by molar-refractivity contribution is -0.151. The van der Waals surface area contributed by atoms with Crippen molar-refractivity contribution in [1.82, 2.24) is 4.98 Å². The maximum absolute atomic E-state index is 12.6. The van der Waals surface area contributed by atoms with Gasteiger partial charge in [0.15, 0.2) is 6.10 Å². The Bertz CT molecular complexity index is 854. The Morgan fingerprint density at radius 2 is 1.43 bits per heavy atom. The number of aromatic nitrogens is 1. The summed E-state index contributed by atoms with van der Waals surface area (Å²) in [7, 11) is 0. The van der Waals surface area contributed by atoms with Crippen LogP contribution in [0, 0.1) is 0 Å². The van der Waals surface area contributed by atoms with Gasteiger partial charge in [0.05, 0.1) is 12.2 Å². The van der Waals surface area contributed by atoms with E-state index < -0.39 is 23.8 Å². The molecule has 0 aliphatic carbocycles. The summed E-state index contributed by atoms with van der Waals surface area (Å²) >= 11 is 0. The number of rotatable bonds is 16. The smallest absolute Gasteiger partial charge is 0.417 e. The van der Waals surface area contributed by atoms with E-state index in [1.54, 1.807) is 31.2 Å². The van der Waals surface area contributed by atoms with E-state index in [2.05, 4.69) is 11.9 Å². The van der Waals surface area contributed by atoms with Crippen molar-refractivity contribution >= 4 is 5.97 Å². The first-order chi connectivity index (χ1) is 16.8. The molecule has 1 atom stereocenters. The Balaban J connectivity index is 1.62. The molecule has 194 valence electrons. The summed E-state index contributed by atoms with van der Waals surface area (Å²) < 4.78 is 54.2. The molecule has 0 radical (unpaired) electrons. The van der Waals surface area contributed by atoms with Gasteiger partial charge in [-0.2, -0.15) is 13.2 Å². The van der Waals surface area contributed by atoms with Crippen LogP contribution < -0.4 is 9.47 Å². The Labute approximate surface area is 206 Å². The maximum atomic E-state index is 12.6. The minimum atomic E-state index is -4.45. The van der Waals surface area contributed by atoms with Crippen LogP contribution in [0.5, 0.6) is 17.4 Å². The molecule has 0 saturated heterocycles. The molecule has 1 aromatic heterocycles. The van der Waals surface area contributed by atoms with Crippen molar-refractivity contribution in [2.24, 2.45) is 0 Å². The minimum Gasteiger partial charge on any atom is -0.479 e. The molecule has 1 aromatic carbocycles. The summed E-state index contributed by atoms with van der Waals surface area (Å²) in [4.78, 5) is 15.8. The quantitative estimate of drug-likeness (QED) is 0.174. The SMILES string of the molecule is CCCCCCCCCCCCOC(=O)C(C)Oc1ccc(Oc2ccc(C(F)(F)F)cn2)cc1. The van der Waals surface area contributed by atoms with E-state index in [-0.39, 0.29) is 5.88 Å². The van der Waals surface area contributed by atoms with Crippen LogP contribution in [0.3, 0.4) is 0 Å². The fourth-order valence-corrected chi connectivity index (χ4v) is 3.45. The number of pyridine rings is 1. The highest BCUT2D eigenvalue weighted by molar-refractivity contribution is 5.74. The first-order valence-electron chi connectivity index (χ1n) is 12.4. The molecule has 1 unspecified atom stereocenters. The highest BCUT2D eigenvalue weighted by Gasteiger charge is 2.30. The van der Waals surface area contributed by atoms with E-state index in [0.29, 0.717) is 18.1 Å². The Morgan fingerprint density at radius 1 is 0.857 bits per heavy atom. The summed E-state index contributed by atoms with van der Waals surface area (Å²) in [5.74, 6) is 0.438. The van der Waals surface area contributed by atoms with Crippen LogP contribution in [-0.2, 0) is 15.7 Å². The van der Waals surface area contributed by atoms with Crippen LogP contribution >= 0.6 is 0 Å². The second kappa shape index (κ2) is 15.3. The van der Waals surface area contributed by atoms with E-state index in [9.17, 15) is 18.0 Å². The topological polar surface area (TPSA) is 57.7 Å². The van der Waals surface area contributed by atoms with Gasteiger partial charge in [-0.25, -0.2) is 9.78 Å². The van der Waals surface area contributed by atoms with E-state index in [4.69, 9.17) is 14.2 Å². The molecule has 35 heavy (non-hydrogen) atoms. The van der Waals surface area contributed by atoms with E-state index in [1.165, 1.54) is 44.9 Å². The van der Waals surface area contributed by atoms with Gasteiger partial charge in [0.2, 0.25) is 5.88 Å². The number of alkyl halides is 3. The Kier molecular flexibility index (Phi) is 12.4. The van der Waals surface area contributed by atoms with E-state index in [1.807, 2.05) is 0 Å². The lowest BCUT2D eigenvalue weighted by Crippen LogP contribution is -2.26. The van der Waals surface area contributed by atoms with Gasteiger partial charge in [-0.3, -0.25) is 0 Å². The van der Waals surface area contributed by atoms with Crippen molar-refractivity contribution in [3.05, 3.63) is 48.2 Å². The first kappa shape index (κ1) is 28.5. The lowest BCUT2D eigenvalue weighted by atomic mass is 10.1. The summed E-state index contributed by atoms with van der Waals surface area (Å²) in [6.07, 6.45) is 7.65. The number of nitrogens with zero attached hydrogens (tertiary/aromatic N) is 1. The van der Waals surface area contributed by atoms with Crippen molar-refractivity contribution in [1.29, 1.82) is 0 Å². The van der Waals surface area contributed by atoms with Crippen LogP contribution in [0.2, 0.25) is 0 Å². The molecule has 2 aromatic rings. The predicted molar refractivity (Wildman–Crippen MR) is 129 cm³/mol. The Hall–Kier alpha value is -2.77. The third-order valence-electron chi connectivity index (χ3n) is 5.50. The number of esters is 1. The fraction of sp³-hybridized carbons (Fsp3) is 0.556. The number of ether oxygens (including phenoxy) is 3. The molecule has 0 amide bonds. The molecule has 1 heterocycles. The third-order valence-corrected chi connectivity index (χ3v) is 5.50. The molecule has 0 aliphatic heterocycles. The Morgan fingerprint density at radius 3 is 1.97 bits per heavy atom. The number of unbranched alkanes of at least 4 members (excludes halogenated alkanes) is 9.